The van der Waals surface area contributed by atoms with Crippen molar-refractivity contribution in [3.8, 4) is 5.75 Å². The number of nitrogens with zero attached hydrogens (tertiary/aromatic N) is 1. The maximum absolute atomic E-state index is 13.5. The van der Waals surface area contributed by atoms with Crippen molar-refractivity contribution in [2.24, 2.45) is 0 Å². The van der Waals surface area contributed by atoms with Crippen molar-refractivity contribution >= 4 is 33.9 Å². The molecule has 1 aliphatic rings. The van der Waals surface area contributed by atoms with Crippen LogP contribution in [-0.2, 0) is 15.0 Å². The number of ether oxygens (including phenoxy) is 1. The minimum Gasteiger partial charge on any atom is -0.507 e. The van der Waals surface area contributed by atoms with Gasteiger partial charge in [-0.15, -0.1) is 0 Å². The molecule has 1 N–H and O–H groups in total. The van der Waals surface area contributed by atoms with E-state index in [0.29, 0.717) is 22.8 Å². The van der Waals surface area contributed by atoms with Crippen molar-refractivity contribution in [1.82, 2.24) is 0 Å². The first kappa shape index (κ1) is 23.4. The summed E-state index contributed by atoms with van der Waals surface area (Å²) in [5.41, 5.74) is 1.56. The number of ketones is 1. The van der Waals surface area contributed by atoms with E-state index in [9.17, 15) is 14.7 Å². The molecule has 0 saturated carbocycles. The van der Waals surface area contributed by atoms with Crippen LogP contribution in [0, 0.1) is 0 Å². The van der Waals surface area contributed by atoms with E-state index < -0.39 is 17.7 Å². The zero-order valence-electron chi connectivity index (χ0n) is 20.6. The molecule has 1 fully saturated rings. The van der Waals surface area contributed by atoms with Gasteiger partial charge in [0.15, 0.2) is 0 Å². The fourth-order valence-electron chi connectivity index (χ4n) is 4.81. The fraction of sp³-hybridized carbons (Fsp3) is 0.200. The molecular weight excluding hydrogens is 454 g/mol. The van der Waals surface area contributed by atoms with Crippen molar-refractivity contribution in [2.45, 2.75) is 32.2 Å². The third-order valence-electron chi connectivity index (χ3n) is 6.56. The molecule has 5 rings (SSSR count). The lowest BCUT2D eigenvalue weighted by molar-refractivity contribution is -0.132. The number of anilines is 1. The molecule has 36 heavy (non-hydrogen) atoms. The molecule has 1 amide bonds. The van der Waals surface area contributed by atoms with Crippen LogP contribution in [0.1, 0.15) is 43.7 Å². The van der Waals surface area contributed by atoms with Gasteiger partial charge in [0.25, 0.3) is 11.7 Å². The van der Waals surface area contributed by atoms with Gasteiger partial charge in [-0.3, -0.25) is 14.5 Å². The Labute approximate surface area is 209 Å². The van der Waals surface area contributed by atoms with Crippen LogP contribution in [0.5, 0.6) is 5.75 Å². The Morgan fingerprint density at radius 3 is 2.42 bits per heavy atom. The maximum atomic E-state index is 13.5. The number of benzene rings is 3. The topological polar surface area (TPSA) is 80.0 Å². The van der Waals surface area contributed by atoms with E-state index in [1.165, 1.54) is 11.2 Å². The molecule has 6 heteroatoms. The monoisotopic (exact) mass is 481 g/mol. The number of aliphatic hydroxyl groups excluding tert-OH is 1. The summed E-state index contributed by atoms with van der Waals surface area (Å²) in [5, 5.41) is 13.3. The quantitative estimate of drug-likeness (QED) is 0.208. The smallest absolute Gasteiger partial charge is 0.300 e. The average molecular weight is 482 g/mol. The Morgan fingerprint density at radius 1 is 0.972 bits per heavy atom. The van der Waals surface area contributed by atoms with Gasteiger partial charge in [-0.1, -0.05) is 57.2 Å². The van der Waals surface area contributed by atoms with Gasteiger partial charge in [-0.05, 0) is 47.2 Å². The number of hydrogen-bond acceptors (Lipinski definition) is 5. The number of aliphatic hydroxyl groups is 1. The summed E-state index contributed by atoms with van der Waals surface area (Å²) in [7, 11) is 1.59. The highest BCUT2D eigenvalue weighted by molar-refractivity contribution is 6.52. The van der Waals surface area contributed by atoms with Crippen LogP contribution in [0.25, 0.3) is 16.5 Å². The Morgan fingerprint density at radius 2 is 1.72 bits per heavy atom. The molecule has 0 radical (unpaired) electrons. The first-order valence-corrected chi connectivity index (χ1v) is 11.7. The molecule has 0 bridgehead atoms. The Hall–Kier alpha value is -4.32. The lowest BCUT2D eigenvalue weighted by Gasteiger charge is -2.25. The Balaban J connectivity index is 1.74. The summed E-state index contributed by atoms with van der Waals surface area (Å²) < 4.78 is 11.2. The molecule has 1 unspecified atom stereocenters. The zero-order valence-corrected chi connectivity index (χ0v) is 20.6. The second kappa shape index (κ2) is 8.72. The van der Waals surface area contributed by atoms with E-state index in [1.807, 2.05) is 57.2 Å². The maximum Gasteiger partial charge on any atom is 0.300 e. The van der Waals surface area contributed by atoms with E-state index in [-0.39, 0.29) is 16.7 Å². The Bertz CT molecular complexity index is 1500. The second-order valence-corrected chi connectivity index (χ2v) is 9.85. The highest BCUT2D eigenvalue weighted by Crippen LogP contribution is 2.45. The minimum absolute atomic E-state index is 0.0205. The van der Waals surface area contributed by atoms with Gasteiger partial charge in [0.05, 0.1) is 24.6 Å². The summed E-state index contributed by atoms with van der Waals surface area (Å²) in [5.74, 6) is -0.689. The molecule has 0 aliphatic carbocycles. The summed E-state index contributed by atoms with van der Waals surface area (Å²) in [6.07, 6.45) is 1.49. The van der Waals surface area contributed by atoms with Gasteiger partial charge in [0, 0.05) is 16.5 Å². The first-order valence-electron chi connectivity index (χ1n) is 11.7. The highest BCUT2D eigenvalue weighted by Gasteiger charge is 2.48. The van der Waals surface area contributed by atoms with E-state index in [1.54, 1.807) is 43.5 Å². The summed E-state index contributed by atoms with van der Waals surface area (Å²) in [4.78, 5) is 28.4. The number of amides is 1. The fourth-order valence-corrected chi connectivity index (χ4v) is 4.81. The molecule has 4 aromatic rings. The molecule has 1 aliphatic heterocycles. The van der Waals surface area contributed by atoms with Gasteiger partial charge < -0.3 is 14.3 Å². The van der Waals surface area contributed by atoms with Crippen LogP contribution < -0.4 is 9.64 Å². The van der Waals surface area contributed by atoms with Gasteiger partial charge in [-0.25, -0.2) is 0 Å². The van der Waals surface area contributed by atoms with Crippen molar-refractivity contribution in [1.29, 1.82) is 0 Å². The summed E-state index contributed by atoms with van der Waals surface area (Å²) in [6.45, 7) is 6.12. The molecule has 182 valence electrons. The van der Waals surface area contributed by atoms with E-state index in [4.69, 9.17) is 9.15 Å². The van der Waals surface area contributed by atoms with Crippen molar-refractivity contribution in [2.75, 3.05) is 12.0 Å². The van der Waals surface area contributed by atoms with Crippen LogP contribution in [0.2, 0.25) is 0 Å². The van der Waals surface area contributed by atoms with Crippen LogP contribution in [0.15, 0.2) is 89.0 Å². The molecule has 0 spiro atoms. The van der Waals surface area contributed by atoms with Crippen LogP contribution in [-0.4, -0.2) is 23.9 Å². The predicted molar refractivity (Wildman–Crippen MR) is 139 cm³/mol. The number of carbonyl (C=O) groups is 2. The number of methoxy groups -OCH3 is 1. The van der Waals surface area contributed by atoms with Crippen LogP contribution >= 0.6 is 0 Å². The van der Waals surface area contributed by atoms with Gasteiger partial charge in [0.2, 0.25) is 0 Å². The lowest BCUT2D eigenvalue weighted by atomic mass is 9.84. The standard InChI is InChI=1S/C30H27NO5/c1-30(2,3)21-17-19(14-15-23(21)35-4)27(32)25-26(24-13-8-16-36-24)31(29(34)28(25)33)22-12-7-10-18-9-5-6-11-20(18)22/h5-17,26,32H,1-4H3/b27-25-. The van der Waals surface area contributed by atoms with Crippen molar-refractivity contribution in [3.63, 3.8) is 0 Å². The summed E-state index contributed by atoms with van der Waals surface area (Å²) >= 11 is 0. The predicted octanol–water partition coefficient (Wildman–Crippen LogP) is 6.37. The third kappa shape index (κ3) is 3.75. The molecule has 2 heterocycles. The Kier molecular flexibility index (Phi) is 5.67. The average Bonchev–Trinajstić information content (AvgIpc) is 3.49. The number of rotatable bonds is 4. The first-order chi connectivity index (χ1) is 17.2. The van der Waals surface area contributed by atoms with Crippen LogP contribution in [0.3, 0.4) is 0 Å². The zero-order chi connectivity index (χ0) is 25.6. The lowest BCUT2D eigenvalue weighted by Crippen LogP contribution is -2.29. The van der Waals surface area contributed by atoms with Crippen molar-refractivity contribution in [3.05, 3.63) is 102 Å². The molecule has 1 aromatic heterocycles. The third-order valence-corrected chi connectivity index (χ3v) is 6.56. The number of hydrogen-bond donors (Lipinski definition) is 1. The molecular formula is C30H27NO5. The van der Waals surface area contributed by atoms with Gasteiger partial charge in [0.1, 0.15) is 23.3 Å². The second-order valence-electron chi connectivity index (χ2n) is 9.85. The summed E-state index contributed by atoms with van der Waals surface area (Å²) in [6, 6.07) is 21.0. The largest absolute Gasteiger partial charge is 0.507 e. The highest BCUT2D eigenvalue weighted by atomic mass is 16.5. The van der Waals surface area contributed by atoms with Gasteiger partial charge >= 0.3 is 0 Å². The van der Waals surface area contributed by atoms with Crippen molar-refractivity contribution < 1.29 is 23.8 Å². The number of furan rings is 1. The molecule has 3 aromatic carbocycles. The number of Topliss-reactive ketones (excluding diaryl/α,β-unsaturated/α-hetero) is 1. The SMILES string of the molecule is COc1ccc(/C(O)=C2/C(=O)C(=O)N(c3cccc4ccccc34)C2c2ccco2)cc1C(C)(C)C. The molecule has 1 atom stereocenters. The van der Waals surface area contributed by atoms with Gasteiger partial charge in [-0.2, -0.15) is 0 Å². The van der Waals surface area contributed by atoms with Crippen LogP contribution in [0.4, 0.5) is 5.69 Å². The minimum atomic E-state index is -0.925. The van der Waals surface area contributed by atoms with E-state index in [2.05, 4.69) is 0 Å². The number of fused-ring (bicyclic) bond motifs is 1. The van der Waals surface area contributed by atoms with E-state index >= 15 is 0 Å². The number of carbonyl (C=O) groups excluding carboxylic acids is 2. The molecule has 1 saturated heterocycles. The molecule has 6 nitrogen and oxygen atoms in total. The van der Waals surface area contributed by atoms with E-state index in [0.717, 1.165) is 16.3 Å². The normalized spacial score (nSPS) is 17.7.